The van der Waals surface area contributed by atoms with Gasteiger partial charge in [-0.2, -0.15) is 20.1 Å². The number of aryl methyl sites for hydroxylation is 1. The highest BCUT2D eigenvalue weighted by Crippen LogP contribution is 2.29. The van der Waals surface area contributed by atoms with Gasteiger partial charge in [-0.1, -0.05) is 42.5 Å². The van der Waals surface area contributed by atoms with E-state index in [0.29, 0.717) is 29.0 Å². The van der Waals surface area contributed by atoms with Gasteiger partial charge >= 0.3 is 0 Å². The van der Waals surface area contributed by atoms with Crippen molar-refractivity contribution in [2.45, 2.75) is 6.92 Å². The zero-order valence-corrected chi connectivity index (χ0v) is 20.2. The summed E-state index contributed by atoms with van der Waals surface area (Å²) in [5.74, 6) is 1.79. The van der Waals surface area contributed by atoms with Crippen LogP contribution in [0.2, 0.25) is 0 Å². The molecule has 0 radical (unpaired) electrons. The number of nitro groups is 1. The molecule has 0 aliphatic heterocycles. The number of non-ortho nitro benzene ring substituents is 1. The Hall–Kier alpha value is -5.58. The summed E-state index contributed by atoms with van der Waals surface area (Å²) >= 11 is 0. The molecule has 0 atom stereocenters. The van der Waals surface area contributed by atoms with Gasteiger partial charge in [0.25, 0.3) is 5.69 Å². The number of para-hydroxylation sites is 2. The standard InChI is InChI=1S/C27H22N8O3/c1-18-12-13-21(35(36)37)16-23(18)24-15-14-22(38-24)17-28-34-27-32-25(29-19-8-4-2-5-9-19)31-26(33-27)30-20-10-6-3-7-11-20/h2-17H,1H3,(H3,29,30,31,32,33,34). The normalized spacial score (nSPS) is 10.9. The minimum atomic E-state index is -0.436. The molecule has 0 amide bonds. The van der Waals surface area contributed by atoms with Crippen molar-refractivity contribution in [3.63, 3.8) is 0 Å². The number of benzene rings is 3. The number of nitro benzene ring substituents is 1. The van der Waals surface area contributed by atoms with Gasteiger partial charge in [-0.05, 0) is 48.9 Å². The molecule has 188 valence electrons. The number of hydrogen-bond acceptors (Lipinski definition) is 10. The van der Waals surface area contributed by atoms with Crippen molar-refractivity contribution in [2.75, 3.05) is 16.1 Å². The summed E-state index contributed by atoms with van der Waals surface area (Å²) in [7, 11) is 0. The molecule has 3 N–H and O–H groups in total. The van der Waals surface area contributed by atoms with Gasteiger partial charge < -0.3 is 15.1 Å². The number of hydrazone groups is 1. The van der Waals surface area contributed by atoms with Crippen molar-refractivity contribution >= 4 is 41.1 Å². The van der Waals surface area contributed by atoms with Gasteiger partial charge in [-0.25, -0.2) is 5.43 Å². The molecule has 5 aromatic rings. The third-order valence-corrected chi connectivity index (χ3v) is 5.38. The lowest BCUT2D eigenvalue weighted by molar-refractivity contribution is -0.384. The van der Waals surface area contributed by atoms with Gasteiger partial charge in [-0.3, -0.25) is 10.1 Å². The summed E-state index contributed by atoms with van der Waals surface area (Å²) in [6.45, 7) is 1.86. The first-order valence-corrected chi connectivity index (χ1v) is 11.6. The van der Waals surface area contributed by atoms with E-state index in [-0.39, 0.29) is 11.6 Å². The summed E-state index contributed by atoms with van der Waals surface area (Å²) < 4.78 is 5.84. The number of nitrogens with zero attached hydrogens (tertiary/aromatic N) is 5. The van der Waals surface area contributed by atoms with Crippen molar-refractivity contribution in [3.8, 4) is 11.3 Å². The average Bonchev–Trinajstić information content (AvgIpc) is 3.38. The van der Waals surface area contributed by atoms with E-state index in [4.69, 9.17) is 4.42 Å². The van der Waals surface area contributed by atoms with Crippen LogP contribution in [0.4, 0.5) is 34.9 Å². The lowest BCUT2D eigenvalue weighted by Gasteiger charge is -2.10. The van der Waals surface area contributed by atoms with Crippen LogP contribution in [0.1, 0.15) is 11.3 Å². The Morgan fingerprint density at radius 2 is 1.42 bits per heavy atom. The van der Waals surface area contributed by atoms with E-state index in [1.165, 1.54) is 18.3 Å². The summed E-state index contributed by atoms with van der Waals surface area (Å²) in [6, 6.07) is 27.2. The number of rotatable bonds is 9. The van der Waals surface area contributed by atoms with Crippen LogP contribution >= 0.6 is 0 Å². The van der Waals surface area contributed by atoms with E-state index in [0.717, 1.165) is 16.9 Å². The highest BCUT2D eigenvalue weighted by Gasteiger charge is 2.13. The highest BCUT2D eigenvalue weighted by atomic mass is 16.6. The summed E-state index contributed by atoms with van der Waals surface area (Å²) in [5, 5.41) is 21.7. The maximum Gasteiger partial charge on any atom is 0.270 e. The number of furan rings is 1. The minimum absolute atomic E-state index is 0.00597. The van der Waals surface area contributed by atoms with Crippen molar-refractivity contribution in [1.82, 2.24) is 15.0 Å². The second-order valence-corrected chi connectivity index (χ2v) is 8.12. The maximum atomic E-state index is 11.1. The Labute approximate surface area is 217 Å². The van der Waals surface area contributed by atoms with Crippen LogP contribution in [-0.4, -0.2) is 26.1 Å². The lowest BCUT2D eigenvalue weighted by atomic mass is 10.1. The highest BCUT2D eigenvalue weighted by molar-refractivity contribution is 5.78. The molecule has 0 bridgehead atoms. The molecule has 2 aromatic heterocycles. The maximum absolute atomic E-state index is 11.1. The van der Waals surface area contributed by atoms with Crippen LogP contribution in [0.25, 0.3) is 11.3 Å². The van der Waals surface area contributed by atoms with Crippen LogP contribution in [0.5, 0.6) is 0 Å². The van der Waals surface area contributed by atoms with E-state index in [9.17, 15) is 10.1 Å². The van der Waals surface area contributed by atoms with Gasteiger partial charge in [0.15, 0.2) is 0 Å². The molecule has 38 heavy (non-hydrogen) atoms. The predicted octanol–water partition coefficient (Wildman–Crippen LogP) is 6.28. The van der Waals surface area contributed by atoms with Crippen LogP contribution in [-0.2, 0) is 0 Å². The molecule has 11 heteroatoms. The topological polar surface area (TPSA) is 143 Å². The Bertz CT molecular complexity index is 1530. The summed E-state index contributed by atoms with van der Waals surface area (Å²) in [6.07, 6.45) is 1.47. The Morgan fingerprint density at radius 3 is 2.03 bits per heavy atom. The minimum Gasteiger partial charge on any atom is -0.455 e. The smallest absolute Gasteiger partial charge is 0.270 e. The largest absolute Gasteiger partial charge is 0.455 e. The van der Waals surface area contributed by atoms with Crippen molar-refractivity contribution < 1.29 is 9.34 Å². The molecular weight excluding hydrogens is 484 g/mol. The number of anilines is 5. The lowest BCUT2D eigenvalue weighted by Crippen LogP contribution is -2.07. The average molecular weight is 507 g/mol. The first kappa shape index (κ1) is 24.1. The molecule has 11 nitrogen and oxygen atoms in total. The predicted molar refractivity (Wildman–Crippen MR) is 146 cm³/mol. The Morgan fingerprint density at radius 1 is 0.816 bits per heavy atom. The van der Waals surface area contributed by atoms with Gasteiger partial charge in [0.05, 0.1) is 11.1 Å². The molecule has 0 saturated heterocycles. The van der Waals surface area contributed by atoms with Gasteiger partial charge in [0.1, 0.15) is 11.5 Å². The van der Waals surface area contributed by atoms with E-state index in [2.05, 4.69) is 36.1 Å². The molecular formula is C27H22N8O3. The Balaban J connectivity index is 1.35. The first-order chi connectivity index (χ1) is 18.5. The van der Waals surface area contributed by atoms with Crippen LogP contribution < -0.4 is 16.1 Å². The quantitative estimate of drug-likeness (QED) is 0.119. The molecule has 3 aromatic carbocycles. The number of aromatic nitrogens is 3. The third-order valence-electron chi connectivity index (χ3n) is 5.38. The fraction of sp³-hybridized carbons (Fsp3) is 0.0370. The van der Waals surface area contributed by atoms with Crippen LogP contribution in [0.3, 0.4) is 0 Å². The van der Waals surface area contributed by atoms with E-state index >= 15 is 0 Å². The summed E-state index contributed by atoms with van der Waals surface area (Å²) in [5.41, 5.74) is 5.93. The van der Waals surface area contributed by atoms with Crippen molar-refractivity contribution in [1.29, 1.82) is 0 Å². The molecule has 0 fully saturated rings. The second-order valence-electron chi connectivity index (χ2n) is 8.12. The second kappa shape index (κ2) is 11.0. The number of nitrogens with one attached hydrogen (secondary N) is 3. The van der Waals surface area contributed by atoms with Gasteiger partial charge in [-0.15, -0.1) is 0 Å². The zero-order chi connectivity index (χ0) is 26.3. The monoisotopic (exact) mass is 506 g/mol. The number of hydrogen-bond donors (Lipinski definition) is 3. The fourth-order valence-corrected chi connectivity index (χ4v) is 3.55. The van der Waals surface area contributed by atoms with E-state index < -0.39 is 4.92 Å². The zero-order valence-electron chi connectivity index (χ0n) is 20.2. The molecule has 0 saturated carbocycles. The third kappa shape index (κ3) is 5.97. The van der Waals surface area contributed by atoms with Gasteiger partial charge in [0.2, 0.25) is 17.8 Å². The molecule has 0 aliphatic rings. The molecule has 2 heterocycles. The summed E-state index contributed by atoms with van der Waals surface area (Å²) in [4.78, 5) is 24.0. The van der Waals surface area contributed by atoms with E-state index in [1.54, 1.807) is 18.2 Å². The van der Waals surface area contributed by atoms with Crippen LogP contribution in [0, 0.1) is 17.0 Å². The molecule has 5 rings (SSSR count). The van der Waals surface area contributed by atoms with Crippen molar-refractivity contribution in [3.05, 3.63) is 112 Å². The SMILES string of the molecule is Cc1ccc([N+](=O)[O-])cc1-c1ccc(C=NNc2nc(Nc3ccccc3)nc(Nc3ccccc3)n2)o1. The van der Waals surface area contributed by atoms with Gasteiger partial charge in [0, 0.05) is 29.1 Å². The molecule has 0 unspecified atom stereocenters. The molecule has 0 spiro atoms. The van der Waals surface area contributed by atoms with E-state index in [1.807, 2.05) is 67.6 Å². The Kier molecular flexibility index (Phi) is 6.98. The van der Waals surface area contributed by atoms with Crippen molar-refractivity contribution in [2.24, 2.45) is 5.10 Å². The molecule has 0 aliphatic carbocycles. The van der Waals surface area contributed by atoms with Crippen LogP contribution in [0.15, 0.2) is 101 Å². The first-order valence-electron chi connectivity index (χ1n) is 11.6. The fourth-order valence-electron chi connectivity index (χ4n) is 3.55.